The maximum absolute atomic E-state index is 11.2. The van der Waals surface area contributed by atoms with E-state index in [-0.39, 0.29) is 0 Å². The molecule has 0 unspecified atom stereocenters. The van der Waals surface area contributed by atoms with Crippen molar-refractivity contribution >= 4 is 17.5 Å². The number of Topliss-reactive ketones (excluding diaryl/α,β-unsaturated/α-hetero) is 1. The Kier molecular flexibility index (Phi) is 4.53. The first-order valence-electron chi connectivity index (χ1n) is 6.13. The molecule has 0 atom stereocenters. The van der Waals surface area contributed by atoms with Crippen LogP contribution in [0.1, 0.15) is 25.7 Å². The van der Waals surface area contributed by atoms with E-state index in [1.165, 1.54) is 4.90 Å². The summed E-state index contributed by atoms with van der Waals surface area (Å²) in [5, 5.41) is 0.542. The third kappa shape index (κ3) is 3.19. The number of carbonyl (C=O) groups is 1. The van der Waals surface area contributed by atoms with Crippen molar-refractivity contribution in [2.24, 2.45) is 0 Å². The van der Waals surface area contributed by atoms with E-state index in [0.29, 0.717) is 11.0 Å². The van der Waals surface area contributed by atoms with Gasteiger partial charge < -0.3 is 9.47 Å². The summed E-state index contributed by atoms with van der Waals surface area (Å²) in [6.45, 7) is 0. The lowest BCUT2D eigenvalue weighted by Crippen LogP contribution is -2.15. The third-order valence-electron chi connectivity index (χ3n) is 3.15. The number of rotatable bonds is 4. The highest BCUT2D eigenvalue weighted by Gasteiger charge is 2.20. The monoisotopic (exact) mass is 266 g/mol. The van der Waals surface area contributed by atoms with Gasteiger partial charge in [-0.05, 0) is 31.0 Å². The number of carbonyl (C=O) groups excluding carboxylic acids is 1. The molecular formula is C14H18O3S. The molecule has 0 radical (unpaired) electrons. The summed E-state index contributed by atoms with van der Waals surface area (Å²) in [5.41, 5.74) is 0. The van der Waals surface area contributed by atoms with Gasteiger partial charge in [-0.1, -0.05) is 0 Å². The van der Waals surface area contributed by atoms with Crippen LogP contribution in [0.15, 0.2) is 23.1 Å². The fourth-order valence-corrected chi connectivity index (χ4v) is 3.29. The summed E-state index contributed by atoms with van der Waals surface area (Å²) < 4.78 is 10.5. The lowest BCUT2D eigenvalue weighted by atomic mass is 9.99. The summed E-state index contributed by atoms with van der Waals surface area (Å²) in [7, 11) is 3.28. The summed E-state index contributed by atoms with van der Waals surface area (Å²) in [4.78, 5) is 12.4. The zero-order chi connectivity index (χ0) is 13.0. The molecule has 0 spiro atoms. The number of hydrogen-bond donors (Lipinski definition) is 0. The number of benzene rings is 1. The Morgan fingerprint density at radius 1 is 1.11 bits per heavy atom. The van der Waals surface area contributed by atoms with Crippen LogP contribution < -0.4 is 9.47 Å². The first-order chi connectivity index (χ1) is 8.72. The fraction of sp³-hybridized carbons (Fsp3) is 0.500. The van der Waals surface area contributed by atoms with Crippen LogP contribution in [0.25, 0.3) is 0 Å². The molecule has 0 heterocycles. The van der Waals surface area contributed by atoms with Gasteiger partial charge in [-0.15, -0.1) is 11.8 Å². The van der Waals surface area contributed by atoms with Gasteiger partial charge in [-0.2, -0.15) is 0 Å². The average Bonchev–Trinajstić information content (AvgIpc) is 2.41. The zero-order valence-electron chi connectivity index (χ0n) is 10.8. The number of ether oxygens (including phenoxy) is 2. The van der Waals surface area contributed by atoms with Crippen LogP contribution in [0, 0.1) is 0 Å². The van der Waals surface area contributed by atoms with E-state index in [2.05, 4.69) is 0 Å². The number of hydrogen-bond acceptors (Lipinski definition) is 4. The van der Waals surface area contributed by atoms with Gasteiger partial charge >= 0.3 is 0 Å². The van der Waals surface area contributed by atoms with Crippen molar-refractivity contribution in [3.8, 4) is 11.5 Å². The van der Waals surface area contributed by atoms with Crippen LogP contribution in [-0.2, 0) is 4.79 Å². The molecule has 2 rings (SSSR count). The molecule has 1 aromatic carbocycles. The van der Waals surface area contributed by atoms with E-state index in [9.17, 15) is 4.79 Å². The highest BCUT2D eigenvalue weighted by atomic mass is 32.2. The molecule has 1 aliphatic rings. The number of methoxy groups -OCH3 is 2. The maximum atomic E-state index is 11.2. The normalized spacial score (nSPS) is 16.7. The predicted octanol–water partition coefficient (Wildman–Crippen LogP) is 3.31. The lowest BCUT2D eigenvalue weighted by Gasteiger charge is -2.20. The van der Waals surface area contributed by atoms with Crippen LogP contribution in [0.5, 0.6) is 11.5 Å². The largest absolute Gasteiger partial charge is 0.493 e. The molecule has 1 fully saturated rings. The zero-order valence-corrected chi connectivity index (χ0v) is 11.6. The predicted molar refractivity (Wildman–Crippen MR) is 72.7 cm³/mol. The summed E-state index contributed by atoms with van der Waals surface area (Å²) >= 11 is 1.83. The van der Waals surface area contributed by atoms with Crippen LogP contribution in [0.2, 0.25) is 0 Å². The molecule has 3 nitrogen and oxygen atoms in total. The molecule has 1 aromatic rings. The van der Waals surface area contributed by atoms with Crippen molar-refractivity contribution in [2.45, 2.75) is 35.8 Å². The molecule has 1 aliphatic carbocycles. The van der Waals surface area contributed by atoms with E-state index in [1.54, 1.807) is 14.2 Å². The van der Waals surface area contributed by atoms with E-state index in [1.807, 2.05) is 30.0 Å². The molecule has 0 aromatic heterocycles. The van der Waals surface area contributed by atoms with Gasteiger partial charge in [0.15, 0.2) is 11.5 Å². The minimum Gasteiger partial charge on any atom is -0.493 e. The molecular weight excluding hydrogens is 248 g/mol. The lowest BCUT2D eigenvalue weighted by molar-refractivity contribution is -0.120. The summed E-state index contributed by atoms with van der Waals surface area (Å²) in [5.74, 6) is 1.91. The number of thioether (sulfide) groups is 1. The molecule has 0 N–H and O–H groups in total. The maximum Gasteiger partial charge on any atom is 0.161 e. The standard InChI is InChI=1S/C14H18O3S/c1-16-13-8-7-12(9-14(13)17-2)18-11-5-3-10(15)4-6-11/h7-9,11H,3-6H2,1-2H3. The summed E-state index contributed by atoms with van der Waals surface area (Å²) in [6.07, 6.45) is 3.42. The first-order valence-corrected chi connectivity index (χ1v) is 7.01. The Balaban J connectivity index is 2.03. The van der Waals surface area contributed by atoms with Crippen molar-refractivity contribution in [2.75, 3.05) is 14.2 Å². The fourth-order valence-electron chi connectivity index (χ4n) is 2.11. The SMILES string of the molecule is COc1ccc(SC2CCC(=O)CC2)cc1OC. The molecule has 0 bridgehead atoms. The topological polar surface area (TPSA) is 35.5 Å². The Morgan fingerprint density at radius 2 is 1.78 bits per heavy atom. The van der Waals surface area contributed by atoms with Gasteiger partial charge in [-0.25, -0.2) is 0 Å². The second-order valence-corrected chi connectivity index (χ2v) is 5.75. The van der Waals surface area contributed by atoms with Crippen molar-refractivity contribution in [1.82, 2.24) is 0 Å². The highest BCUT2D eigenvalue weighted by Crippen LogP contribution is 2.37. The van der Waals surface area contributed by atoms with Gasteiger partial charge in [0.25, 0.3) is 0 Å². The third-order valence-corrected chi connectivity index (χ3v) is 4.48. The molecule has 18 heavy (non-hydrogen) atoms. The number of ketones is 1. The molecule has 0 saturated heterocycles. The smallest absolute Gasteiger partial charge is 0.161 e. The van der Waals surface area contributed by atoms with Crippen molar-refractivity contribution in [3.05, 3.63) is 18.2 Å². The van der Waals surface area contributed by atoms with E-state index in [4.69, 9.17) is 9.47 Å². The molecule has 1 saturated carbocycles. The van der Waals surface area contributed by atoms with Crippen LogP contribution in [0.4, 0.5) is 0 Å². The minimum atomic E-state index is 0.402. The van der Waals surface area contributed by atoms with Crippen molar-refractivity contribution in [3.63, 3.8) is 0 Å². The molecule has 0 aliphatic heterocycles. The van der Waals surface area contributed by atoms with E-state index >= 15 is 0 Å². The van der Waals surface area contributed by atoms with Crippen LogP contribution in [0.3, 0.4) is 0 Å². The Hall–Kier alpha value is -1.16. The Labute approximate surface area is 112 Å². The Bertz CT molecular complexity index is 421. The van der Waals surface area contributed by atoms with Gasteiger partial charge in [0, 0.05) is 23.0 Å². The van der Waals surface area contributed by atoms with Gasteiger partial charge in [0.05, 0.1) is 14.2 Å². The molecule has 4 heteroatoms. The summed E-state index contributed by atoms with van der Waals surface area (Å²) in [6, 6.07) is 5.97. The van der Waals surface area contributed by atoms with E-state index < -0.39 is 0 Å². The van der Waals surface area contributed by atoms with Gasteiger partial charge in [0.1, 0.15) is 5.78 Å². The van der Waals surface area contributed by atoms with Crippen LogP contribution in [-0.4, -0.2) is 25.3 Å². The van der Waals surface area contributed by atoms with E-state index in [0.717, 1.165) is 37.2 Å². The van der Waals surface area contributed by atoms with Gasteiger partial charge in [0.2, 0.25) is 0 Å². The van der Waals surface area contributed by atoms with Gasteiger partial charge in [-0.3, -0.25) is 4.79 Å². The molecule has 98 valence electrons. The van der Waals surface area contributed by atoms with Crippen molar-refractivity contribution < 1.29 is 14.3 Å². The van der Waals surface area contributed by atoms with Crippen molar-refractivity contribution in [1.29, 1.82) is 0 Å². The average molecular weight is 266 g/mol. The first kappa shape index (κ1) is 13.3. The minimum absolute atomic E-state index is 0.402. The second kappa shape index (κ2) is 6.14. The highest BCUT2D eigenvalue weighted by molar-refractivity contribution is 8.00. The quantitative estimate of drug-likeness (QED) is 0.837. The second-order valence-electron chi connectivity index (χ2n) is 4.37. The molecule has 0 amide bonds. The van der Waals surface area contributed by atoms with Crippen LogP contribution >= 0.6 is 11.8 Å². The Morgan fingerprint density at radius 3 is 2.39 bits per heavy atom.